The van der Waals surface area contributed by atoms with Crippen LogP contribution < -0.4 is 5.32 Å². The minimum atomic E-state index is -0.462. The van der Waals surface area contributed by atoms with E-state index in [1.807, 2.05) is 0 Å². The molecule has 118 valence electrons. The average molecular weight is 315 g/mol. The van der Waals surface area contributed by atoms with Gasteiger partial charge in [-0.15, -0.1) is 0 Å². The number of furan rings is 1. The van der Waals surface area contributed by atoms with E-state index >= 15 is 0 Å². The van der Waals surface area contributed by atoms with Crippen LogP contribution in [0.4, 0.5) is 10.1 Å². The van der Waals surface area contributed by atoms with E-state index in [9.17, 15) is 9.18 Å². The van der Waals surface area contributed by atoms with Crippen molar-refractivity contribution in [3.05, 3.63) is 53.9 Å². The van der Waals surface area contributed by atoms with Crippen molar-refractivity contribution in [3.63, 3.8) is 0 Å². The van der Waals surface area contributed by atoms with Gasteiger partial charge in [0, 0.05) is 12.8 Å². The molecule has 0 aliphatic carbocycles. The third-order valence-electron chi connectivity index (χ3n) is 3.17. The molecule has 0 aliphatic rings. The standard InChI is InChI=1S/C16H14FN3O3/c1-10-4-5-12(11(17)9-10)18-14(21)6-7-15-19-16(20-23-15)13-3-2-8-22-13/h2-5,8-9H,6-7H2,1H3,(H,18,21). The van der Waals surface area contributed by atoms with Gasteiger partial charge in [0.05, 0.1) is 12.0 Å². The molecule has 1 amide bonds. The quantitative estimate of drug-likeness (QED) is 0.781. The van der Waals surface area contributed by atoms with Crippen LogP contribution in [-0.4, -0.2) is 16.0 Å². The Morgan fingerprint density at radius 3 is 2.96 bits per heavy atom. The van der Waals surface area contributed by atoms with Gasteiger partial charge in [-0.1, -0.05) is 11.2 Å². The molecule has 7 heteroatoms. The number of amides is 1. The van der Waals surface area contributed by atoms with Gasteiger partial charge < -0.3 is 14.3 Å². The van der Waals surface area contributed by atoms with E-state index in [-0.39, 0.29) is 24.4 Å². The second-order valence-corrected chi connectivity index (χ2v) is 5.02. The minimum absolute atomic E-state index is 0.104. The highest BCUT2D eigenvalue weighted by molar-refractivity contribution is 5.90. The summed E-state index contributed by atoms with van der Waals surface area (Å²) in [5.41, 5.74) is 0.944. The minimum Gasteiger partial charge on any atom is -0.461 e. The Morgan fingerprint density at radius 2 is 2.22 bits per heavy atom. The number of benzene rings is 1. The molecule has 1 N–H and O–H groups in total. The highest BCUT2D eigenvalue weighted by atomic mass is 19.1. The fraction of sp³-hybridized carbons (Fsp3) is 0.188. The summed E-state index contributed by atoms with van der Waals surface area (Å²) >= 11 is 0. The van der Waals surface area contributed by atoms with Crippen molar-refractivity contribution in [2.45, 2.75) is 19.8 Å². The van der Waals surface area contributed by atoms with Gasteiger partial charge in [-0.25, -0.2) is 4.39 Å². The number of halogens is 1. The molecule has 0 atom stereocenters. The maximum absolute atomic E-state index is 13.7. The number of aromatic nitrogens is 2. The zero-order valence-electron chi connectivity index (χ0n) is 12.4. The molecule has 1 aromatic carbocycles. The maximum atomic E-state index is 13.7. The van der Waals surface area contributed by atoms with Gasteiger partial charge in [-0.3, -0.25) is 4.79 Å². The Balaban J connectivity index is 1.57. The molecule has 0 fully saturated rings. The predicted octanol–water partition coefficient (Wildman–Crippen LogP) is 3.35. The summed E-state index contributed by atoms with van der Waals surface area (Å²) < 4.78 is 23.9. The lowest BCUT2D eigenvalue weighted by atomic mass is 10.2. The molecule has 0 saturated heterocycles. The number of carbonyl (C=O) groups excluding carboxylic acids is 1. The second kappa shape index (κ2) is 6.43. The molecule has 0 radical (unpaired) electrons. The molecule has 6 nitrogen and oxygen atoms in total. The number of carbonyl (C=O) groups is 1. The topological polar surface area (TPSA) is 81.2 Å². The molecule has 0 saturated carbocycles. The number of hydrogen-bond donors (Lipinski definition) is 1. The van der Waals surface area contributed by atoms with Gasteiger partial charge in [0.2, 0.25) is 17.6 Å². The summed E-state index contributed by atoms with van der Waals surface area (Å²) in [6.45, 7) is 1.78. The second-order valence-electron chi connectivity index (χ2n) is 5.02. The molecule has 2 heterocycles. The van der Waals surface area contributed by atoms with Crippen molar-refractivity contribution in [3.8, 4) is 11.6 Å². The van der Waals surface area contributed by atoms with Crippen LogP contribution >= 0.6 is 0 Å². The van der Waals surface area contributed by atoms with E-state index in [4.69, 9.17) is 8.94 Å². The number of anilines is 1. The third kappa shape index (κ3) is 3.63. The van der Waals surface area contributed by atoms with Crippen molar-refractivity contribution < 1.29 is 18.1 Å². The fourth-order valence-electron chi connectivity index (χ4n) is 2.02. The zero-order valence-corrected chi connectivity index (χ0v) is 12.4. The van der Waals surface area contributed by atoms with Gasteiger partial charge >= 0.3 is 0 Å². The Labute approximate surface area is 131 Å². The Kier molecular flexibility index (Phi) is 4.18. The van der Waals surface area contributed by atoms with Crippen LogP contribution in [-0.2, 0) is 11.2 Å². The molecular weight excluding hydrogens is 301 g/mol. The van der Waals surface area contributed by atoms with Crippen molar-refractivity contribution in [2.75, 3.05) is 5.32 Å². The molecule has 3 rings (SSSR count). The van der Waals surface area contributed by atoms with Crippen LogP contribution in [0, 0.1) is 12.7 Å². The van der Waals surface area contributed by atoms with E-state index < -0.39 is 5.82 Å². The largest absolute Gasteiger partial charge is 0.461 e. The van der Waals surface area contributed by atoms with Crippen molar-refractivity contribution >= 4 is 11.6 Å². The molecule has 23 heavy (non-hydrogen) atoms. The molecular formula is C16H14FN3O3. The average Bonchev–Trinajstić information content (AvgIpc) is 3.18. The van der Waals surface area contributed by atoms with E-state index in [1.165, 1.54) is 18.4 Å². The SMILES string of the molecule is Cc1ccc(NC(=O)CCc2nc(-c3ccco3)no2)c(F)c1. The number of hydrogen-bond acceptors (Lipinski definition) is 5. The third-order valence-corrected chi connectivity index (χ3v) is 3.17. The molecule has 3 aromatic rings. The smallest absolute Gasteiger partial charge is 0.238 e. The number of nitrogens with one attached hydrogen (secondary N) is 1. The molecule has 0 spiro atoms. The van der Waals surface area contributed by atoms with Crippen LogP contribution in [0.25, 0.3) is 11.6 Å². The Bertz CT molecular complexity index is 812. The number of rotatable bonds is 5. The summed E-state index contributed by atoms with van der Waals surface area (Å²) in [4.78, 5) is 16.0. The van der Waals surface area contributed by atoms with E-state index in [1.54, 1.807) is 25.1 Å². The van der Waals surface area contributed by atoms with E-state index in [0.29, 0.717) is 17.5 Å². The lowest BCUT2D eigenvalue weighted by Gasteiger charge is -2.06. The zero-order chi connectivity index (χ0) is 16.2. The Hall–Kier alpha value is -2.96. The first kappa shape index (κ1) is 15.0. The van der Waals surface area contributed by atoms with Gasteiger partial charge in [-0.2, -0.15) is 4.98 Å². The molecule has 0 aliphatic heterocycles. The Morgan fingerprint density at radius 1 is 1.35 bits per heavy atom. The first-order valence-corrected chi connectivity index (χ1v) is 7.04. The normalized spacial score (nSPS) is 10.7. The maximum Gasteiger partial charge on any atom is 0.238 e. The van der Waals surface area contributed by atoms with Gasteiger partial charge in [0.1, 0.15) is 5.82 Å². The van der Waals surface area contributed by atoms with Gasteiger partial charge in [-0.05, 0) is 36.8 Å². The summed E-state index contributed by atoms with van der Waals surface area (Å²) in [5.74, 6) is 0.346. The summed E-state index contributed by atoms with van der Waals surface area (Å²) in [6.07, 6.45) is 1.87. The van der Waals surface area contributed by atoms with Gasteiger partial charge in [0.15, 0.2) is 5.76 Å². The number of nitrogens with zero attached hydrogens (tertiary/aromatic N) is 2. The molecule has 0 unspecified atom stereocenters. The van der Waals surface area contributed by atoms with Crippen molar-refractivity contribution in [1.29, 1.82) is 0 Å². The van der Waals surface area contributed by atoms with E-state index in [2.05, 4.69) is 15.5 Å². The van der Waals surface area contributed by atoms with Crippen LogP contribution in [0.5, 0.6) is 0 Å². The summed E-state index contributed by atoms with van der Waals surface area (Å²) in [6, 6.07) is 8.05. The summed E-state index contributed by atoms with van der Waals surface area (Å²) in [5, 5.41) is 6.29. The van der Waals surface area contributed by atoms with Crippen molar-refractivity contribution in [1.82, 2.24) is 10.1 Å². The van der Waals surface area contributed by atoms with Crippen molar-refractivity contribution in [2.24, 2.45) is 0 Å². The highest BCUT2D eigenvalue weighted by Gasteiger charge is 2.13. The first-order chi connectivity index (χ1) is 11.1. The van der Waals surface area contributed by atoms with Crippen LogP contribution in [0.3, 0.4) is 0 Å². The van der Waals surface area contributed by atoms with Gasteiger partial charge in [0.25, 0.3) is 0 Å². The summed E-state index contributed by atoms with van der Waals surface area (Å²) in [7, 11) is 0. The molecule has 2 aromatic heterocycles. The first-order valence-electron chi connectivity index (χ1n) is 7.04. The lowest BCUT2D eigenvalue weighted by Crippen LogP contribution is -2.13. The van der Waals surface area contributed by atoms with Crippen LogP contribution in [0.1, 0.15) is 17.9 Å². The number of aryl methyl sites for hydroxylation is 2. The van der Waals surface area contributed by atoms with Crippen LogP contribution in [0.2, 0.25) is 0 Å². The monoisotopic (exact) mass is 315 g/mol. The highest BCUT2D eigenvalue weighted by Crippen LogP contribution is 2.17. The molecule has 0 bridgehead atoms. The fourth-order valence-corrected chi connectivity index (χ4v) is 2.02. The van der Waals surface area contributed by atoms with E-state index in [0.717, 1.165) is 5.56 Å². The van der Waals surface area contributed by atoms with Crippen LogP contribution in [0.15, 0.2) is 45.5 Å². The predicted molar refractivity (Wildman–Crippen MR) is 80.1 cm³/mol. The lowest BCUT2D eigenvalue weighted by molar-refractivity contribution is -0.116.